The van der Waals surface area contributed by atoms with Crippen LogP contribution in [0.25, 0.3) is 0 Å². The lowest BCUT2D eigenvalue weighted by molar-refractivity contribution is -0.195. The summed E-state index contributed by atoms with van der Waals surface area (Å²) in [7, 11) is 0. The van der Waals surface area contributed by atoms with E-state index in [1.165, 1.54) is 32.6 Å². The third-order valence-corrected chi connectivity index (χ3v) is 10.5. The molecule has 4 rings (SSSR count). The lowest BCUT2D eigenvalue weighted by Crippen LogP contribution is -2.62. The predicted molar refractivity (Wildman–Crippen MR) is 117 cm³/mol. The molecule has 4 heteroatoms. The molecule has 170 valence electrons. The van der Waals surface area contributed by atoms with Gasteiger partial charge in [-0.2, -0.15) is 0 Å². The highest BCUT2D eigenvalue weighted by Gasteiger charge is 2.64. The number of esters is 1. The number of aliphatic hydroxyl groups is 1. The van der Waals surface area contributed by atoms with E-state index in [1.54, 1.807) is 0 Å². The van der Waals surface area contributed by atoms with Gasteiger partial charge >= 0.3 is 5.97 Å². The van der Waals surface area contributed by atoms with Crippen molar-refractivity contribution < 1.29 is 19.4 Å². The van der Waals surface area contributed by atoms with Gasteiger partial charge in [0.05, 0.1) is 12.7 Å². The summed E-state index contributed by atoms with van der Waals surface area (Å²) in [4.78, 5) is 23.7. The number of hydrogen-bond acceptors (Lipinski definition) is 4. The molecule has 4 nitrogen and oxygen atoms in total. The van der Waals surface area contributed by atoms with Crippen LogP contribution < -0.4 is 0 Å². The van der Waals surface area contributed by atoms with E-state index in [1.807, 2.05) is 0 Å². The molecule has 0 aliphatic heterocycles. The molecule has 0 bridgehead atoms. The minimum absolute atomic E-state index is 0.190. The number of ketones is 1. The fourth-order valence-electron chi connectivity index (χ4n) is 9.11. The van der Waals surface area contributed by atoms with E-state index in [-0.39, 0.29) is 28.8 Å². The van der Waals surface area contributed by atoms with Crippen molar-refractivity contribution >= 4 is 11.8 Å². The smallest absolute Gasteiger partial charge is 0.302 e. The van der Waals surface area contributed by atoms with Crippen molar-refractivity contribution in [3.05, 3.63) is 0 Å². The fourth-order valence-corrected chi connectivity index (χ4v) is 9.11. The summed E-state index contributed by atoms with van der Waals surface area (Å²) in [5, 5.41) is 11.7. The van der Waals surface area contributed by atoms with Gasteiger partial charge in [0.25, 0.3) is 0 Å². The van der Waals surface area contributed by atoms with Gasteiger partial charge in [-0.3, -0.25) is 9.59 Å². The van der Waals surface area contributed by atoms with E-state index in [0.717, 1.165) is 19.3 Å². The van der Waals surface area contributed by atoms with Crippen LogP contribution in [0, 0.1) is 52.3 Å². The number of hydrogen-bond donors (Lipinski definition) is 1. The van der Waals surface area contributed by atoms with Crippen LogP contribution in [-0.2, 0) is 14.3 Å². The molecular weight excluding hydrogens is 376 g/mol. The summed E-state index contributed by atoms with van der Waals surface area (Å²) in [6, 6.07) is 0. The standard InChI is InChI=1S/C26H42O4/c1-6-18-22-13-17(28)9-11-26(22,5)21-10-12-25(4)19(15(2)14-30-16(3)27)7-8-20(25)23(21)24(18)29/h15,18-24,29H,6-14H2,1-5H3/t15-,18+,19-,20?,21?,22?,23?,24-,25-,26-/m1/s1. The van der Waals surface area contributed by atoms with Gasteiger partial charge in [-0.15, -0.1) is 0 Å². The molecule has 4 aliphatic rings. The molecule has 0 aromatic rings. The normalized spacial score (nSPS) is 49.0. The maximum absolute atomic E-state index is 12.3. The Morgan fingerprint density at radius 2 is 1.83 bits per heavy atom. The second kappa shape index (κ2) is 7.90. The molecule has 4 saturated carbocycles. The van der Waals surface area contributed by atoms with Crippen LogP contribution in [0.4, 0.5) is 0 Å². The second-order valence-electron chi connectivity index (χ2n) is 11.7. The van der Waals surface area contributed by atoms with Gasteiger partial charge in [-0.25, -0.2) is 0 Å². The highest BCUT2D eigenvalue weighted by atomic mass is 16.5. The number of ether oxygens (including phenoxy) is 1. The first-order chi connectivity index (χ1) is 14.1. The second-order valence-corrected chi connectivity index (χ2v) is 11.7. The maximum Gasteiger partial charge on any atom is 0.302 e. The maximum atomic E-state index is 12.3. The Kier molecular flexibility index (Phi) is 5.87. The molecule has 4 fully saturated rings. The third-order valence-electron chi connectivity index (χ3n) is 10.5. The summed E-state index contributed by atoms with van der Waals surface area (Å²) in [5.41, 5.74) is 0.412. The summed E-state index contributed by atoms with van der Waals surface area (Å²) >= 11 is 0. The zero-order valence-corrected chi connectivity index (χ0v) is 19.7. The number of Topliss-reactive ketones (excluding diaryl/α,β-unsaturated/α-hetero) is 1. The van der Waals surface area contributed by atoms with E-state index in [2.05, 4.69) is 27.7 Å². The molecular formula is C26H42O4. The largest absolute Gasteiger partial charge is 0.466 e. The molecule has 4 unspecified atom stereocenters. The average Bonchev–Trinajstić information content (AvgIpc) is 3.05. The lowest BCUT2D eigenvalue weighted by atomic mass is 9.41. The van der Waals surface area contributed by atoms with Crippen LogP contribution in [0.15, 0.2) is 0 Å². The Morgan fingerprint density at radius 3 is 2.50 bits per heavy atom. The van der Waals surface area contributed by atoms with Gasteiger partial charge < -0.3 is 9.84 Å². The van der Waals surface area contributed by atoms with Crippen LogP contribution >= 0.6 is 0 Å². The van der Waals surface area contributed by atoms with E-state index < -0.39 is 0 Å². The Labute approximate surface area is 182 Å². The van der Waals surface area contributed by atoms with E-state index in [4.69, 9.17) is 4.74 Å². The number of fused-ring (bicyclic) bond motifs is 5. The van der Waals surface area contributed by atoms with Crippen LogP contribution in [0.5, 0.6) is 0 Å². The average molecular weight is 419 g/mol. The molecule has 0 amide bonds. The van der Waals surface area contributed by atoms with Crippen molar-refractivity contribution in [1.29, 1.82) is 0 Å². The summed E-state index contributed by atoms with van der Waals surface area (Å²) in [6.07, 6.45) is 7.83. The van der Waals surface area contributed by atoms with Crippen molar-refractivity contribution in [2.45, 2.75) is 92.1 Å². The molecule has 0 heterocycles. The highest BCUT2D eigenvalue weighted by Crippen LogP contribution is 2.69. The Hall–Kier alpha value is -0.900. The fraction of sp³-hybridized carbons (Fsp3) is 0.923. The van der Waals surface area contributed by atoms with Crippen LogP contribution in [-0.4, -0.2) is 29.6 Å². The monoisotopic (exact) mass is 418 g/mol. The predicted octanol–water partition coefficient (Wildman–Crippen LogP) is 5.02. The van der Waals surface area contributed by atoms with Crippen LogP contribution in [0.3, 0.4) is 0 Å². The SMILES string of the molecule is CC[C@H]1C2CC(=O)CC[C@]2(C)C2CC[C@@]3(C)C(CC[C@@H]3[C@H](C)COC(C)=O)C2[C@@H]1O. The lowest BCUT2D eigenvalue weighted by Gasteiger charge is -2.64. The van der Waals surface area contributed by atoms with Crippen molar-refractivity contribution in [3.63, 3.8) is 0 Å². The molecule has 0 radical (unpaired) electrons. The number of carbonyl (C=O) groups is 2. The summed E-state index contributed by atoms with van der Waals surface area (Å²) < 4.78 is 5.38. The highest BCUT2D eigenvalue weighted by molar-refractivity contribution is 5.79. The Bertz CT molecular complexity index is 689. The number of aliphatic hydroxyl groups excluding tert-OH is 1. The molecule has 0 aromatic carbocycles. The van der Waals surface area contributed by atoms with Crippen LogP contribution in [0.2, 0.25) is 0 Å². The van der Waals surface area contributed by atoms with Crippen molar-refractivity contribution in [2.24, 2.45) is 52.3 Å². The van der Waals surface area contributed by atoms with Crippen LogP contribution in [0.1, 0.15) is 86.0 Å². The minimum atomic E-state index is -0.281. The van der Waals surface area contributed by atoms with Gasteiger partial charge in [-0.05, 0) is 84.4 Å². The summed E-state index contributed by atoms with van der Waals surface area (Å²) in [5.74, 6) is 3.16. The quantitative estimate of drug-likeness (QED) is 0.651. The first-order valence-corrected chi connectivity index (χ1v) is 12.5. The van der Waals surface area contributed by atoms with Gasteiger partial charge in [0.2, 0.25) is 0 Å². The molecule has 0 spiro atoms. The third kappa shape index (κ3) is 3.27. The first-order valence-electron chi connectivity index (χ1n) is 12.5. The van der Waals surface area contributed by atoms with Gasteiger partial charge in [0.1, 0.15) is 5.78 Å². The van der Waals surface area contributed by atoms with Gasteiger partial charge in [0, 0.05) is 19.8 Å². The van der Waals surface area contributed by atoms with Crippen molar-refractivity contribution in [3.8, 4) is 0 Å². The summed E-state index contributed by atoms with van der Waals surface area (Å²) in [6.45, 7) is 11.4. The molecule has 1 N–H and O–H groups in total. The van der Waals surface area contributed by atoms with E-state index in [9.17, 15) is 14.7 Å². The van der Waals surface area contributed by atoms with Crippen molar-refractivity contribution in [2.75, 3.05) is 6.61 Å². The van der Waals surface area contributed by atoms with E-state index in [0.29, 0.717) is 54.3 Å². The Balaban J connectivity index is 1.62. The molecule has 10 atom stereocenters. The topological polar surface area (TPSA) is 63.6 Å². The Morgan fingerprint density at radius 1 is 1.13 bits per heavy atom. The van der Waals surface area contributed by atoms with Crippen molar-refractivity contribution in [1.82, 2.24) is 0 Å². The zero-order valence-electron chi connectivity index (χ0n) is 19.7. The molecule has 0 saturated heterocycles. The molecule has 0 aromatic heterocycles. The zero-order chi connectivity index (χ0) is 21.8. The number of carbonyl (C=O) groups excluding carboxylic acids is 2. The van der Waals surface area contributed by atoms with E-state index >= 15 is 0 Å². The first kappa shape index (κ1) is 22.3. The number of rotatable bonds is 4. The van der Waals surface area contributed by atoms with Gasteiger partial charge in [-0.1, -0.05) is 34.1 Å². The minimum Gasteiger partial charge on any atom is -0.466 e. The molecule has 4 aliphatic carbocycles. The van der Waals surface area contributed by atoms with Gasteiger partial charge in [0.15, 0.2) is 0 Å². The molecule has 30 heavy (non-hydrogen) atoms.